The predicted molar refractivity (Wildman–Crippen MR) is 89.7 cm³/mol. The van der Waals surface area contributed by atoms with Crippen LogP contribution < -0.4 is 10.6 Å². The van der Waals surface area contributed by atoms with Crippen LogP contribution in [0.3, 0.4) is 0 Å². The molecule has 1 saturated heterocycles. The maximum absolute atomic E-state index is 12.1. The van der Waals surface area contributed by atoms with Crippen LogP contribution in [0.25, 0.3) is 11.4 Å². The van der Waals surface area contributed by atoms with Crippen molar-refractivity contribution in [2.45, 2.75) is 31.2 Å². The summed E-state index contributed by atoms with van der Waals surface area (Å²) < 4.78 is 5.36. The molecule has 1 unspecified atom stereocenters. The fraction of sp³-hybridized carbons (Fsp3) is 0.471. The molecule has 2 heterocycles. The fourth-order valence-corrected chi connectivity index (χ4v) is 2.83. The summed E-state index contributed by atoms with van der Waals surface area (Å²) in [5, 5.41) is 13.5. The van der Waals surface area contributed by atoms with Crippen molar-refractivity contribution < 1.29 is 9.53 Å². The highest BCUT2D eigenvalue weighted by Gasteiger charge is 2.27. The maximum Gasteiger partial charge on any atom is 0.226 e. The van der Waals surface area contributed by atoms with Crippen molar-refractivity contribution >= 4 is 11.6 Å². The van der Waals surface area contributed by atoms with Crippen molar-refractivity contribution in [3.63, 3.8) is 0 Å². The number of carbonyl (C=O) groups excluding carboxylic acids is 1. The van der Waals surface area contributed by atoms with Gasteiger partial charge in [-0.1, -0.05) is 0 Å². The van der Waals surface area contributed by atoms with Crippen molar-refractivity contribution in [2.75, 3.05) is 25.1 Å². The minimum atomic E-state index is -0.0142. The average molecular weight is 327 g/mol. The maximum atomic E-state index is 12.1. The number of aromatic nitrogens is 3. The molecule has 1 amide bonds. The Bertz CT molecular complexity index is 702. The highest BCUT2D eigenvalue weighted by Crippen LogP contribution is 2.38. The number of hydrogen-bond donors (Lipinski definition) is 3. The van der Waals surface area contributed by atoms with Crippen molar-refractivity contribution in [3.05, 3.63) is 30.1 Å². The number of nitrogens with one attached hydrogen (secondary N) is 3. The zero-order chi connectivity index (χ0) is 16.4. The van der Waals surface area contributed by atoms with Crippen LogP contribution in [0, 0.1) is 0 Å². The lowest BCUT2D eigenvalue weighted by molar-refractivity contribution is -0.117. The van der Waals surface area contributed by atoms with Crippen LogP contribution in [-0.4, -0.2) is 46.9 Å². The Labute approximate surface area is 140 Å². The van der Waals surface area contributed by atoms with Gasteiger partial charge in [-0.25, -0.2) is 4.98 Å². The zero-order valence-electron chi connectivity index (χ0n) is 13.4. The van der Waals surface area contributed by atoms with Gasteiger partial charge in [0, 0.05) is 36.2 Å². The number of ether oxygens (including phenoxy) is 1. The summed E-state index contributed by atoms with van der Waals surface area (Å²) in [6, 6.07) is 7.71. The number of nitrogens with zero attached hydrogens (tertiary/aromatic N) is 2. The molecule has 1 aromatic carbocycles. The third kappa shape index (κ3) is 3.63. The van der Waals surface area contributed by atoms with Gasteiger partial charge in [0.1, 0.15) is 5.82 Å². The van der Waals surface area contributed by atoms with Gasteiger partial charge < -0.3 is 15.4 Å². The van der Waals surface area contributed by atoms with Gasteiger partial charge in [-0.3, -0.25) is 9.89 Å². The molecule has 1 aliphatic carbocycles. The molecule has 1 aromatic heterocycles. The van der Waals surface area contributed by atoms with Crippen LogP contribution in [0.5, 0.6) is 0 Å². The molecule has 3 N–H and O–H groups in total. The monoisotopic (exact) mass is 327 g/mol. The van der Waals surface area contributed by atoms with Gasteiger partial charge in [0.2, 0.25) is 5.91 Å². The lowest BCUT2D eigenvalue weighted by atomic mass is 10.1. The molecular weight excluding hydrogens is 306 g/mol. The molecule has 2 fully saturated rings. The number of aromatic amines is 1. The van der Waals surface area contributed by atoms with Crippen molar-refractivity contribution in [3.8, 4) is 11.4 Å². The van der Waals surface area contributed by atoms with Gasteiger partial charge >= 0.3 is 0 Å². The first-order valence-electron chi connectivity index (χ1n) is 8.41. The molecule has 2 aromatic rings. The first kappa shape index (κ1) is 15.3. The van der Waals surface area contributed by atoms with Gasteiger partial charge in [0.05, 0.1) is 13.2 Å². The summed E-state index contributed by atoms with van der Waals surface area (Å²) in [5.41, 5.74) is 1.72. The van der Waals surface area contributed by atoms with Crippen LogP contribution in [0.15, 0.2) is 24.3 Å². The van der Waals surface area contributed by atoms with Gasteiger partial charge in [-0.05, 0) is 37.1 Å². The molecule has 7 nitrogen and oxygen atoms in total. The summed E-state index contributed by atoms with van der Waals surface area (Å²) in [4.78, 5) is 16.6. The number of anilines is 1. The summed E-state index contributed by atoms with van der Waals surface area (Å²) in [6.45, 7) is 2.09. The van der Waals surface area contributed by atoms with Crippen molar-refractivity contribution in [1.82, 2.24) is 20.5 Å². The van der Waals surface area contributed by atoms with Crippen LogP contribution >= 0.6 is 0 Å². The van der Waals surface area contributed by atoms with Gasteiger partial charge in [-0.2, -0.15) is 5.10 Å². The van der Waals surface area contributed by atoms with Crippen LogP contribution in [0.4, 0.5) is 5.69 Å². The van der Waals surface area contributed by atoms with E-state index >= 15 is 0 Å². The second kappa shape index (κ2) is 6.70. The number of rotatable bonds is 5. The minimum Gasteiger partial charge on any atom is -0.378 e. The third-order valence-corrected chi connectivity index (χ3v) is 4.32. The van der Waals surface area contributed by atoms with E-state index in [1.165, 1.54) is 12.8 Å². The molecule has 24 heavy (non-hydrogen) atoms. The lowest BCUT2D eigenvalue weighted by Crippen LogP contribution is -2.43. The fourth-order valence-electron chi connectivity index (χ4n) is 2.83. The second-order valence-corrected chi connectivity index (χ2v) is 6.37. The highest BCUT2D eigenvalue weighted by molar-refractivity contribution is 5.91. The molecule has 126 valence electrons. The molecule has 7 heteroatoms. The summed E-state index contributed by atoms with van der Waals surface area (Å²) in [7, 11) is 0. The van der Waals surface area contributed by atoms with E-state index < -0.39 is 0 Å². The number of amides is 1. The summed E-state index contributed by atoms with van der Waals surface area (Å²) in [6.07, 6.45) is 2.80. The SMILES string of the molecule is O=C(CC1COCCN1)Nc1ccc(-c2n[nH]c(C3CC3)n2)cc1. The normalized spacial score (nSPS) is 20.8. The van der Waals surface area contributed by atoms with Crippen LogP contribution in [-0.2, 0) is 9.53 Å². The molecule has 1 aliphatic heterocycles. The number of H-pyrrole nitrogens is 1. The van der Waals surface area contributed by atoms with Gasteiger partial charge in [-0.15, -0.1) is 0 Å². The average Bonchev–Trinajstić information content (AvgIpc) is 3.34. The molecule has 4 rings (SSSR count). The van der Waals surface area contributed by atoms with E-state index in [4.69, 9.17) is 4.74 Å². The lowest BCUT2D eigenvalue weighted by Gasteiger charge is -2.23. The molecule has 0 radical (unpaired) electrons. The number of carbonyl (C=O) groups is 1. The number of morpholine rings is 1. The first-order chi connectivity index (χ1) is 11.8. The Kier molecular flexibility index (Phi) is 4.27. The van der Waals surface area contributed by atoms with E-state index in [0.717, 1.165) is 23.6 Å². The smallest absolute Gasteiger partial charge is 0.226 e. The minimum absolute atomic E-state index is 0.0142. The number of hydrogen-bond acceptors (Lipinski definition) is 5. The van der Waals surface area contributed by atoms with Crippen molar-refractivity contribution in [2.24, 2.45) is 0 Å². The van der Waals surface area contributed by atoms with E-state index in [2.05, 4.69) is 25.8 Å². The van der Waals surface area contributed by atoms with Crippen molar-refractivity contribution in [1.29, 1.82) is 0 Å². The van der Waals surface area contributed by atoms with E-state index in [-0.39, 0.29) is 11.9 Å². The highest BCUT2D eigenvalue weighted by atomic mass is 16.5. The quantitative estimate of drug-likeness (QED) is 0.777. The summed E-state index contributed by atoms with van der Waals surface area (Å²) >= 11 is 0. The van der Waals surface area contributed by atoms with Gasteiger partial charge in [0.25, 0.3) is 0 Å². The molecule has 1 atom stereocenters. The zero-order valence-corrected chi connectivity index (χ0v) is 13.4. The molecule has 1 saturated carbocycles. The van der Waals surface area contributed by atoms with E-state index in [0.29, 0.717) is 31.4 Å². The summed E-state index contributed by atoms with van der Waals surface area (Å²) in [5.74, 6) is 2.23. The first-order valence-corrected chi connectivity index (χ1v) is 8.41. The van der Waals surface area contributed by atoms with E-state index in [1.807, 2.05) is 24.3 Å². The van der Waals surface area contributed by atoms with Crippen LogP contribution in [0.1, 0.15) is 31.0 Å². The number of benzene rings is 1. The Morgan fingerprint density at radius 2 is 2.12 bits per heavy atom. The van der Waals surface area contributed by atoms with Gasteiger partial charge in [0.15, 0.2) is 5.82 Å². The largest absolute Gasteiger partial charge is 0.378 e. The Hall–Kier alpha value is -2.25. The van der Waals surface area contributed by atoms with Crippen LogP contribution in [0.2, 0.25) is 0 Å². The van der Waals surface area contributed by atoms with E-state index in [1.54, 1.807) is 0 Å². The molecule has 0 bridgehead atoms. The third-order valence-electron chi connectivity index (χ3n) is 4.32. The molecule has 2 aliphatic rings. The second-order valence-electron chi connectivity index (χ2n) is 6.37. The molecule has 0 spiro atoms. The molecular formula is C17H21N5O2. The standard InChI is InChI=1S/C17H21N5O2/c23-15(9-14-10-24-8-7-18-14)19-13-5-3-12(4-6-13)17-20-16(21-22-17)11-1-2-11/h3-6,11,14,18H,1-2,7-10H2,(H,19,23)(H,20,21,22). The predicted octanol–water partition coefficient (Wildman–Crippen LogP) is 1.67. The Morgan fingerprint density at radius 1 is 1.29 bits per heavy atom. The Balaban J connectivity index is 1.35. The topological polar surface area (TPSA) is 91.9 Å². The van der Waals surface area contributed by atoms with E-state index in [9.17, 15) is 4.79 Å². The Morgan fingerprint density at radius 3 is 2.83 bits per heavy atom.